The zero-order chi connectivity index (χ0) is 10.1. The van der Waals surface area contributed by atoms with Crippen LogP contribution in [-0.4, -0.2) is 31.1 Å². The van der Waals surface area contributed by atoms with Gasteiger partial charge in [0.1, 0.15) is 0 Å². The Morgan fingerprint density at radius 1 is 1.40 bits per heavy atom. The molecule has 2 nitrogen and oxygen atoms in total. The number of rotatable bonds is 2. The van der Waals surface area contributed by atoms with Crippen LogP contribution in [0.3, 0.4) is 0 Å². The van der Waals surface area contributed by atoms with Crippen molar-refractivity contribution in [3.05, 3.63) is 34.0 Å². The minimum absolute atomic E-state index is 0.555. The molecule has 0 aromatic carbocycles. The Morgan fingerprint density at radius 2 is 2.27 bits per heavy atom. The summed E-state index contributed by atoms with van der Waals surface area (Å²) < 4.78 is 0. The van der Waals surface area contributed by atoms with E-state index in [-0.39, 0.29) is 0 Å². The predicted molar refractivity (Wildman–Crippen MR) is 64.3 cm³/mol. The van der Waals surface area contributed by atoms with Gasteiger partial charge in [0.15, 0.2) is 0 Å². The highest BCUT2D eigenvalue weighted by Crippen LogP contribution is 2.28. The molecule has 3 rings (SSSR count). The van der Waals surface area contributed by atoms with E-state index in [0.29, 0.717) is 6.04 Å². The van der Waals surface area contributed by atoms with Crippen molar-refractivity contribution in [3.63, 3.8) is 0 Å². The molecule has 15 heavy (non-hydrogen) atoms. The minimum Gasteiger partial charge on any atom is -0.308 e. The molecule has 0 bridgehead atoms. The Balaban J connectivity index is 1.72. The zero-order valence-corrected chi connectivity index (χ0v) is 9.59. The monoisotopic (exact) mass is 220 g/mol. The molecule has 1 aromatic heterocycles. The van der Waals surface area contributed by atoms with Gasteiger partial charge in [-0.05, 0) is 23.4 Å². The summed E-state index contributed by atoms with van der Waals surface area (Å²) in [5.41, 5.74) is 1.54. The molecule has 0 aliphatic carbocycles. The maximum atomic E-state index is 3.63. The third-order valence-corrected chi connectivity index (χ3v) is 4.23. The topological polar surface area (TPSA) is 15.3 Å². The number of nitrogens with one attached hydrogen (secondary N) is 1. The summed E-state index contributed by atoms with van der Waals surface area (Å²) in [6.07, 6.45) is 5.73. The fourth-order valence-electron chi connectivity index (χ4n) is 2.43. The molecule has 0 saturated carbocycles. The van der Waals surface area contributed by atoms with E-state index < -0.39 is 0 Å². The van der Waals surface area contributed by atoms with Crippen molar-refractivity contribution >= 4 is 11.3 Å². The molecule has 3 heterocycles. The van der Waals surface area contributed by atoms with Crippen LogP contribution in [0.4, 0.5) is 0 Å². The molecule has 1 unspecified atom stereocenters. The second-order valence-corrected chi connectivity index (χ2v) is 5.25. The minimum atomic E-state index is 0.555. The Kier molecular flexibility index (Phi) is 2.61. The number of fused-ring (bicyclic) bond motifs is 1. The SMILES string of the molecule is C1=CCN(CC2NCCc3sccc32)C1. The van der Waals surface area contributed by atoms with Crippen molar-refractivity contribution in [2.75, 3.05) is 26.2 Å². The van der Waals surface area contributed by atoms with Crippen LogP contribution in [0.5, 0.6) is 0 Å². The van der Waals surface area contributed by atoms with Crippen LogP contribution in [0, 0.1) is 0 Å². The van der Waals surface area contributed by atoms with Crippen LogP contribution < -0.4 is 5.32 Å². The normalized spacial score (nSPS) is 25.7. The highest BCUT2D eigenvalue weighted by atomic mass is 32.1. The Labute approximate surface area is 94.6 Å². The second-order valence-electron chi connectivity index (χ2n) is 4.25. The van der Waals surface area contributed by atoms with Gasteiger partial charge >= 0.3 is 0 Å². The highest BCUT2D eigenvalue weighted by molar-refractivity contribution is 7.10. The maximum absolute atomic E-state index is 3.63. The maximum Gasteiger partial charge on any atom is 0.0460 e. The lowest BCUT2D eigenvalue weighted by atomic mass is 10.0. The molecule has 0 fully saturated rings. The number of thiophene rings is 1. The molecule has 0 saturated heterocycles. The molecular formula is C12H16N2S. The molecule has 1 N–H and O–H groups in total. The summed E-state index contributed by atoms with van der Waals surface area (Å²) in [5.74, 6) is 0. The van der Waals surface area contributed by atoms with Crippen molar-refractivity contribution in [1.29, 1.82) is 0 Å². The molecule has 1 aromatic rings. The molecule has 0 radical (unpaired) electrons. The summed E-state index contributed by atoms with van der Waals surface area (Å²) in [6.45, 7) is 4.53. The molecule has 2 aliphatic rings. The largest absolute Gasteiger partial charge is 0.308 e. The Hall–Kier alpha value is -0.640. The molecule has 3 heteroatoms. The first-order valence-corrected chi connectivity index (χ1v) is 6.48. The van der Waals surface area contributed by atoms with Crippen molar-refractivity contribution < 1.29 is 0 Å². The second kappa shape index (κ2) is 4.08. The van der Waals surface area contributed by atoms with Crippen LogP contribution in [0.15, 0.2) is 23.6 Å². The van der Waals surface area contributed by atoms with E-state index in [1.807, 2.05) is 11.3 Å². The van der Waals surface area contributed by atoms with Crippen LogP contribution in [0.2, 0.25) is 0 Å². The fraction of sp³-hybridized carbons (Fsp3) is 0.500. The molecule has 2 aliphatic heterocycles. The highest BCUT2D eigenvalue weighted by Gasteiger charge is 2.22. The van der Waals surface area contributed by atoms with Gasteiger partial charge in [0.2, 0.25) is 0 Å². The van der Waals surface area contributed by atoms with Gasteiger partial charge in [-0.1, -0.05) is 12.2 Å². The quantitative estimate of drug-likeness (QED) is 0.765. The van der Waals surface area contributed by atoms with Gasteiger partial charge in [-0.2, -0.15) is 0 Å². The van der Waals surface area contributed by atoms with Gasteiger partial charge in [0.05, 0.1) is 0 Å². The van der Waals surface area contributed by atoms with E-state index in [1.165, 1.54) is 12.0 Å². The van der Waals surface area contributed by atoms with Gasteiger partial charge in [0, 0.05) is 37.1 Å². The molecular weight excluding hydrogens is 204 g/mol. The van der Waals surface area contributed by atoms with Crippen LogP contribution in [-0.2, 0) is 6.42 Å². The summed E-state index contributed by atoms with van der Waals surface area (Å²) in [5, 5.41) is 5.85. The molecule has 0 spiro atoms. The van der Waals surface area contributed by atoms with E-state index in [4.69, 9.17) is 0 Å². The lowest BCUT2D eigenvalue weighted by Crippen LogP contribution is -2.37. The first-order chi connectivity index (χ1) is 7.43. The van der Waals surface area contributed by atoms with Gasteiger partial charge in [-0.15, -0.1) is 11.3 Å². The van der Waals surface area contributed by atoms with Gasteiger partial charge in [-0.25, -0.2) is 0 Å². The zero-order valence-electron chi connectivity index (χ0n) is 8.78. The summed E-state index contributed by atoms with van der Waals surface area (Å²) >= 11 is 1.91. The predicted octanol–water partition coefficient (Wildman–Crippen LogP) is 1.81. The number of hydrogen-bond acceptors (Lipinski definition) is 3. The van der Waals surface area contributed by atoms with Crippen LogP contribution in [0.25, 0.3) is 0 Å². The van der Waals surface area contributed by atoms with E-state index in [9.17, 15) is 0 Å². The van der Waals surface area contributed by atoms with Crippen molar-refractivity contribution in [2.24, 2.45) is 0 Å². The van der Waals surface area contributed by atoms with E-state index in [1.54, 1.807) is 4.88 Å². The van der Waals surface area contributed by atoms with Crippen LogP contribution >= 0.6 is 11.3 Å². The smallest absolute Gasteiger partial charge is 0.0460 e. The van der Waals surface area contributed by atoms with Gasteiger partial charge in [-0.3, -0.25) is 4.90 Å². The molecule has 1 atom stereocenters. The van der Waals surface area contributed by atoms with Crippen molar-refractivity contribution in [2.45, 2.75) is 12.5 Å². The fourth-order valence-corrected chi connectivity index (χ4v) is 3.37. The third-order valence-electron chi connectivity index (χ3n) is 3.23. The van der Waals surface area contributed by atoms with Crippen LogP contribution in [0.1, 0.15) is 16.5 Å². The first kappa shape index (κ1) is 9.58. The van der Waals surface area contributed by atoms with Gasteiger partial charge < -0.3 is 5.32 Å². The van der Waals surface area contributed by atoms with Gasteiger partial charge in [0.25, 0.3) is 0 Å². The summed E-state index contributed by atoms with van der Waals surface area (Å²) in [4.78, 5) is 4.08. The van der Waals surface area contributed by atoms with E-state index >= 15 is 0 Å². The molecule has 0 amide bonds. The Bertz CT molecular complexity index is 361. The number of hydrogen-bond donors (Lipinski definition) is 1. The number of nitrogens with zero attached hydrogens (tertiary/aromatic N) is 1. The standard InChI is InChI=1S/C12H16N2S/c1-2-7-14(6-1)9-11-10-4-8-15-12(10)3-5-13-11/h1-2,4,8,11,13H,3,5-7,9H2. The summed E-state index contributed by atoms with van der Waals surface area (Å²) in [6, 6.07) is 2.85. The molecule has 80 valence electrons. The summed E-state index contributed by atoms with van der Waals surface area (Å²) in [7, 11) is 0. The Morgan fingerprint density at radius 3 is 3.13 bits per heavy atom. The van der Waals surface area contributed by atoms with E-state index in [2.05, 4.69) is 33.8 Å². The average molecular weight is 220 g/mol. The van der Waals surface area contributed by atoms with Crippen molar-refractivity contribution in [1.82, 2.24) is 10.2 Å². The first-order valence-electron chi connectivity index (χ1n) is 5.60. The third kappa shape index (κ3) is 1.87. The lowest BCUT2D eigenvalue weighted by molar-refractivity contribution is 0.298. The van der Waals surface area contributed by atoms with E-state index in [0.717, 1.165) is 26.2 Å². The average Bonchev–Trinajstić information content (AvgIpc) is 2.87. The lowest BCUT2D eigenvalue weighted by Gasteiger charge is -2.28. The van der Waals surface area contributed by atoms with Crippen molar-refractivity contribution in [3.8, 4) is 0 Å².